The van der Waals surface area contributed by atoms with E-state index in [1.165, 1.54) is 0 Å². The molecule has 0 N–H and O–H groups in total. The topological polar surface area (TPSA) is 110 Å². The second-order valence-corrected chi connectivity index (χ2v) is 9.12. The Balaban J connectivity index is 0.000000459. The molecule has 12 heteroatoms. The van der Waals surface area contributed by atoms with E-state index in [0.717, 1.165) is 28.1 Å². The first-order valence-electron chi connectivity index (χ1n) is 11.4. The maximum atomic E-state index is 13.0. The highest BCUT2D eigenvalue weighted by molar-refractivity contribution is 7.86. The monoisotopic (exact) mass is 560 g/mol. The minimum absolute atomic E-state index is 0.286. The SMILES string of the molecule is CCOC(=O)c1cc(-c2ccccc2)cc(-c2ccc(OC)cc2)[n+]1-c1ccccn1.O=S(=O)([O-])C(F)(F)F. The van der Waals surface area contributed by atoms with Crippen LogP contribution in [0.15, 0.2) is 91.1 Å². The zero-order valence-corrected chi connectivity index (χ0v) is 21.6. The van der Waals surface area contributed by atoms with Crippen molar-refractivity contribution in [1.82, 2.24) is 4.98 Å². The van der Waals surface area contributed by atoms with E-state index in [0.29, 0.717) is 11.5 Å². The number of methoxy groups -OCH3 is 1. The molecule has 0 fully saturated rings. The van der Waals surface area contributed by atoms with Gasteiger partial charge < -0.3 is 14.0 Å². The number of hydrogen-bond donors (Lipinski definition) is 0. The van der Waals surface area contributed by atoms with Crippen LogP contribution in [-0.2, 0) is 14.9 Å². The number of benzene rings is 2. The first kappa shape index (κ1) is 29.3. The second-order valence-electron chi connectivity index (χ2n) is 7.75. The van der Waals surface area contributed by atoms with E-state index >= 15 is 0 Å². The molecular formula is C27H23F3N2O6S. The average Bonchev–Trinajstić information content (AvgIpc) is 2.93. The molecule has 0 saturated heterocycles. The van der Waals surface area contributed by atoms with Crippen LogP contribution < -0.4 is 9.30 Å². The highest BCUT2D eigenvalue weighted by atomic mass is 32.2. The van der Waals surface area contributed by atoms with Gasteiger partial charge in [-0.25, -0.2) is 13.2 Å². The Hall–Kier alpha value is -4.29. The van der Waals surface area contributed by atoms with Gasteiger partial charge in [0, 0.05) is 17.7 Å². The van der Waals surface area contributed by atoms with E-state index in [1.54, 1.807) is 20.2 Å². The Kier molecular flexibility index (Phi) is 9.38. The molecule has 0 radical (unpaired) electrons. The normalized spacial score (nSPS) is 11.2. The fourth-order valence-electron chi connectivity index (χ4n) is 3.45. The van der Waals surface area contributed by atoms with Gasteiger partial charge in [0.2, 0.25) is 5.69 Å². The van der Waals surface area contributed by atoms with E-state index in [4.69, 9.17) is 22.4 Å². The third kappa shape index (κ3) is 7.39. The summed E-state index contributed by atoms with van der Waals surface area (Å²) in [5, 5.41) is 0. The zero-order valence-electron chi connectivity index (χ0n) is 20.8. The van der Waals surface area contributed by atoms with Crippen LogP contribution >= 0.6 is 0 Å². The molecule has 0 amide bonds. The number of aromatic nitrogens is 2. The van der Waals surface area contributed by atoms with E-state index in [9.17, 15) is 18.0 Å². The molecule has 2 heterocycles. The number of esters is 1. The molecule has 0 bridgehead atoms. The zero-order chi connectivity index (χ0) is 28.6. The smallest absolute Gasteiger partial charge is 0.485 e. The van der Waals surface area contributed by atoms with Gasteiger partial charge in [-0.15, -0.1) is 0 Å². The van der Waals surface area contributed by atoms with Crippen LogP contribution in [0.5, 0.6) is 5.75 Å². The van der Waals surface area contributed by atoms with Crippen LogP contribution in [0.4, 0.5) is 13.2 Å². The predicted molar refractivity (Wildman–Crippen MR) is 135 cm³/mol. The summed E-state index contributed by atoms with van der Waals surface area (Å²) in [6.07, 6.45) is 1.71. The molecule has 0 spiro atoms. The Morgan fingerprint density at radius 2 is 1.54 bits per heavy atom. The van der Waals surface area contributed by atoms with Gasteiger partial charge in [-0.2, -0.15) is 17.7 Å². The molecule has 0 atom stereocenters. The van der Waals surface area contributed by atoms with Gasteiger partial charge in [-0.3, -0.25) is 0 Å². The third-order valence-electron chi connectivity index (χ3n) is 5.21. The number of carbonyl (C=O) groups excluding carboxylic acids is 1. The fourth-order valence-corrected chi connectivity index (χ4v) is 3.45. The van der Waals surface area contributed by atoms with Gasteiger partial charge in [0.05, 0.1) is 13.7 Å². The van der Waals surface area contributed by atoms with Gasteiger partial charge in [0.1, 0.15) is 17.6 Å². The van der Waals surface area contributed by atoms with Gasteiger partial charge in [-0.05, 0) is 59.4 Å². The minimum atomic E-state index is -6.09. The number of carbonyl (C=O) groups is 1. The molecule has 0 aliphatic heterocycles. The summed E-state index contributed by atoms with van der Waals surface area (Å²) in [5.74, 6) is 0.995. The van der Waals surface area contributed by atoms with E-state index < -0.39 is 21.6 Å². The number of nitrogens with zero attached hydrogens (tertiary/aromatic N) is 2. The summed E-state index contributed by atoms with van der Waals surface area (Å²) in [6, 6.07) is 27.2. The summed E-state index contributed by atoms with van der Waals surface area (Å²) in [7, 11) is -4.45. The van der Waals surface area contributed by atoms with Crippen molar-refractivity contribution < 1.29 is 45.0 Å². The van der Waals surface area contributed by atoms with Crippen molar-refractivity contribution in [3.05, 3.63) is 96.8 Å². The number of ether oxygens (including phenoxy) is 2. The molecule has 0 unspecified atom stereocenters. The number of alkyl halides is 3. The lowest BCUT2D eigenvalue weighted by Crippen LogP contribution is -2.42. The Morgan fingerprint density at radius 3 is 2.05 bits per heavy atom. The molecule has 2 aromatic heterocycles. The molecule has 39 heavy (non-hydrogen) atoms. The number of pyridine rings is 2. The van der Waals surface area contributed by atoms with Crippen molar-refractivity contribution in [3.8, 4) is 34.0 Å². The molecule has 4 aromatic rings. The fraction of sp³-hybridized carbons (Fsp3) is 0.148. The number of hydrogen-bond acceptors (Lipinski definition) is 7. The van der Waals surface area contributed by atoms with Crippen molar-refractivity contribution in [3.63, 3.8) is 0 Å². The van der Waals surface area contributed by atoms with E-state index in [-0.39, 0.29) is 6.61 Å². The van der Waals surface area contributed by atoms with Crippen molar-refractivity contribution in [2.75, 3.05) is 13.7 Å². The molecule has 0 aliphatic carbocycles. The molecule has 4 rings (SSSR count). The summed E-state index contributed by atoms with van der Waals surface area (Å²) in [6.45, 7) is 2.09. The summed E-state index contributed by atoms with van der Waals surface area (Å²) in [5.41, 5.74) is -1.56. The third-order valence-corrected chi connectivity index (χ3v) is 5.77. The molecule has 204 valence electrons. The summed E-state index contributed by atoms with van der Waals surface area (Å²) < 4.78 is 71.5. The molecular weight excluding hydrogens is 537 g/mol. The van der Waals surface area contributed by atoms with Crippen LogP contribution in [0.1, 0.15) is 17.4 Å². The molecule has 2 aromatic carbocycles. The Morgan fingerprint density at radius 1 is 0.923 bits per heavy atom. The van der Waals surface area contributed by atoms with E-state index in [2.05, 4.69) is 11.1 Å². The van der Waals surface area contributed by atoms with Crippen LogP contribution in [0.25, 0.3) is 28.2 Å². The van der Waals surface area contributed by atoms with Crippen molar-refractivity contribution in [2.45, 2.75) is 12.4 Å². The number of halogens is 3. The van der Waals surface area contributed by atoms with E-state index in [1.807, 2.05) is 83.4 Å². The van der Waals surface area contributed by atoms with Crippen LogP contribution in [0.2, 0.25) is 0 Å². The minimum Gasteiger partial charge on any atom is -0.741 e. The van der Waals surface area contributed by atoms with Crippen molar-refractivity contribution >= 4 is 16.1 Å². The van der Waals surface area contributed by atoms with Crippen LogP contribution in [0, 0.1) is 0 Å². The molecule has 0 aliphatic rings. The largest absolute Gasteiger partial charge is 0.741 e. The Labute approximate surface area is 223 Å². The van der Waals surface area contributed by atoms with Crippen LogP contribution in [-0.4, -0.2) is 43.1 Å². The highest BCUT2D eigenvalue weighted by Crippen LogP contribution is 2.28. The maximum Gasteiger partial charge on any atom is 0.485 e. The summed E-state index contributed by atoms with van der Waals surface area (Å²) >= 11 is 0. The first-order valence-corrected chi connectivity index (χ1v) is 12.8. The first-order chi connectivity index (χ1) is 18.5. The lowest BCUT2D eigenvalue weighted by Gasteiger charge is -2.14. The molecule has 0 saturated carbocycles. The maximum absolute atomic E-state index is 13.0. The Bertz CT molecular complexity index is 1510. The highest BCUT2D eigenvalue weighted by Gasteiger charge is 2.37. The van der Waals surface area contributed by atoms with Crippen molar-refractivity contribution in [2.24, 2.45) is 0 Å². The van der Waals surface area contributed by atoms with Crippen molar-refractivity contribution in [1.29, 1.82) is 0 Å². The summed E-state index contributed by atoms with van der Waals surface area (Å²) in [4.78, 5) is 17.5. The van der Waals surface area contributed by atoms with Gasteiger partial charge in [-0.1, -0.05) is 36.4 Å². The predicted octanol–water partition coefficient (Wildman–Crippen LogP) is 4.93. The standard InChI is InChI=1S/C26H23N2O3.CHF3O3S/c1-3-31-26(29)24-18-21(19-9-5-4-6-10-19)17-23(20-12-14-22(30-2)15-13-20)28(24)25-11-7-8-16-27-25;2-1(3,4)8(5,6)7/h4-18H,3H2,1-2H3;(H,5,6,7)/q+1;/p-1. The van der Waals surface area contributed by atoms with Gasteiger partial charge in [0.25, 0.3) is 0 Å². The molecule has 8 nitrogen and oxygen atoms in total. The number of rotatable bonds is 6. The van der Waals surface area contributed by atoms with Crippen LogP contribution in [0.3, 0.4) is 0 Å². The quantitative estimate of drug-likeness (QED) is 0.142. The lowest BCUT2D eigenvalue weighted by atomic mass is 10.0. The second kappa shape index (κ2) is 12.5. The van der Waals surface area contributed by atoms with Gasteiger partial charge in [0.15, 0.2) is 10.1 Å². The lowest BCUT2D eigenvalue weighted by molar-refractivity contribution is -0.591. The average molecular weight is 561 g/mol. The van der Waals surface area contributed by atoms with Gasteiger partial charge >= 0.3 is 17.3 Å².